The highest BCUT2D eigenvalue weighted by Crippen LogP contribution is 2.30. The molecule has 0 aliphatic carbocycles. The highest BCUT2D eigenvalue weighted by molar-refractivity contribution is 9.10. The first-order valence-electron chi connectivity index (χ1n) is 5.95. The van der Waals surface area contributed by atoms with Crippen molar-refractivity contribution in [3.05, 3.63) is 58.6 Å². The van der Waals surface area contributed by atoms with Crippen LogP contribution in [-0.2, 0) is 0 Å². The molecule has 21 heavy (non-hydrogen) atoms. The van der Waals surface area contributed by atoms with Crippen LogP contribution >= 0.6 is 15.9 Å². The Morgan fingerprint density at radius 2 is 2.00 bits per heavy atom. The topological polar surface area (TPSA) is 58.8 Å². The Hall–Kier alpha value is -2.52. The summed E-state index contributed by atoms with van der Waals surface area (Å²) in [4.78, 5) is 8.42. The van der Waals surface area contributed by atoms with Gasteiger partial charge in [0.25, 0.3) is 0 Å². The monoisotopic (exact) mass is 343 g/mol. The second-order valence-corrected chi connectivity index (χ2v) is 5.11. The van der Waals surface area contributed by atoms with E-state index in [1.165, 1.54) is 12.1 Å². The van der Waals surface area contributed by atoms with Crippen molar-refractivity contribution in [3.8, 4) is 17.6 Å². The van der Waals surface area contributed by atoms with E-state index in [0.29, 0.717) is 16.8 Å². The Morgan fingerprint density at radius 1 is 1.14 bits per heavy atom. The number of nitrogens with zero attached hydrogens (tertiary/aromatic N) is 3. The predicted octanol–water partition coefficient (Wildman–Crippen LogP) is 4.20. The summed E-state index contributed by atoms with van der Waals surface area (Å²) in [5.74, 6) is -0.168. The third kappa shape index (κ3) is 2.69. The van der Waals surface area contributed by atoms with Gasteiger partial charge in [-0.1, -0.05) is 0 Å². The van der Waals surface area contributed by atoms with Crippen LogP contribution in [0.25, 0.3) is 11.0 Å². The van der Waals surface area contributed by atoms with Crippen molar-refractivity contribution in [1.29, 1.82) is 5.26 Å². The van der Waals surface area contributed by atoms with Crippen LogP contribution in [-0.4, -0.2) is 9.97 Å². The van der Waals surface area contributed by atoms with Crippen molar-refractivity contribution in [1.82, 2.24) is 9.97 Å². The van der Waals surface area contributed by atoms with Gasteiger partial charge in [0.05, 0.1) is 17.1 Å². The van der Waals surface area contributed by atoms with Gasteiger partial charge in [-0.3, -0.25) is 4.98 Å². The summed E-state index contributed by atoms with van der Waals surface area (Å²) in [6.07, 6.45) is 3.18. The number of ether oxygens (including phenoxy) is 1. The number of halogens is 2. The molecule has 0 aliphatic rings. The molecule has 0 radical (unpaired) electrons. The zero-order valence-electron chi connectivity index (χ0n) is 10.5. The molecule has 0 spiro atoms. The van der Waals surface area contributed by atoms with E-state index in [9.17, 15) is 4.39 Å². The molecule has 3 aromatic rings. The third-order valence-electron chi connectivity index (χ3n) is 2.79. The molecule has 0 atom stereocenters. The van der Waals surface area contributed by atoms with Crippen LogP contribution in [0.4, 0.5) is 4.39 Å². The summed E-state index contributed by atoms with van der Waals surface area (Å²) in [6.45, 7) is 0. The fourth-order valence-corrected chi connectivity index (χ4v) is 2.15. The van der Waals surface area contributed by atoms with E-state index in [0.717, 1.165) is 10.5 Å². The van der Waals surface area contributed by atoms with Crippen molar-refractivity contribution in [2.45, 2.75) is 0 Å². The van der Waals surface area contributed by atoms with Gasteiger partial charge in [0.15, 0.2) is 17.3 Å². The average molecular weight is 344 g/mol. The standard InChI is InChI=1S/C15H7BrFN3O/c16-10-6-12-15(20-8-10)14(3-4-19-12)21-13-2-1-9(7-18)5-11(13)17/h1-6,8H. The Kier molecular flexibility index (Phi) is 3.50. The molecular formula is C15H7BrFN3O. The fourth-order valence-electron chi connectivity index (χ4n) is 1.84. The molecule has 1 aromatic carbocycles. The van der Waals surface area contributed by atoms with Crippen LogP contribution in [0.1, 0.15) is 5.56 Å². The van der Waals surface area contributed by atoms with Gasteiger partial charge in [-0.25, -0.2) is 9.37 Å². The number of benzene rings is 1. The SMILES string of the molecule is N#Cc1ccc(Oc2ccnc3cc(Br)cnc23)c(F)c1. The van der Waals surface area contributed by atoms with Crippen LogP contribution in [0.3, 0.4) is 0 Å². The quantitative estimate of drug-likeness (QED) is 0.699. The Balaban J connectivity index is 2.04. The zero-order chi connectivity index (χ0) is 14.8. The summed E-state index contributed by atoms with van der Waals surface area (Å²) in [5, 5.41) is 8.73. The predicted molar refractivity (Wildman–Crippen MR) is 78.4 cm³/mol. The van der Waals surface area contributed by atoms with Crippen LogP contribution in [0.5, 0.6) is 11.5 Å². The van der Waals surface area contributed by atoms with Crippen molar-refractivity contribution in [2.75, 3.05) is 0 Å². The number of pyridine rings is 2. The van der Waals surface area contributed by atoms with Gasteiger partial charge in [-0.2, -0.15) is 5.26 Å². The first kappa shape index (κ1) is 13.5. The molecule has 0 saturated heterocycles. The highest BCUT2D eigenvalue weighted by Gasteiger charge is 2.10. The minimum Gasteiger partial charge on any atom is -0.452 e. The van der Waals surface area contributed by atoms with Gasteiger partial charge >= 0.3 is 0 Å². The van der Waals surface area contributed by atoms with Crippen LogP contribution in [0.15, 0.2) is 47.2 Å². The van der Waals surface area contributed by atoms with Crippen LogP contribution in [0.2, 0.25) is 0 Å². The number of fused-ring (bicyclic) bond motifs is 1. The first-order valence-corrected chi connectivity index (χ1v) is 6.74. The summed E-state index contributed by atoms with van der Waals surface area (Å²) >= 11 is 3.32. The number of hydrogen-bond acceptors (Lipinski definition) is 4. The van der Waals surface area contributed by atoms with Gasteiger partial charge in [0.1, 0.15) is 5.52 Å². The van der Waals surface area contributed by atoms with Gasteiger partial charge in [0.2, 0.25) is 0 Å². The van der Waals surface area contributed by atoms with Crippen molar-refractivity contribution < 1.29 is 9.13 Å². The molecule has 0 unspecified atom stereocenters. The number of rotatable bonds is 2. The minimum absolute atomic E-state index is 0.0335. The van der Waals surface area contributed by atoms with Crippen molar-refractivity contribution in [2.24, 2.45) is 0 Å². The molecule has 4 nitrogen and oxygen atoms in total. The molecule has 0 fully saturated rings. The van der Waals surface area contributed by atoms with Gasteiger partial charge in [0, 0.05) is 22.9 Å². The molecule has 0 aliphatic heterocycles. The lowest BCUT2D eigenvalue weighted by atomic mass is 10.2. The molecule has 0 bridgehead atoms. The lowest BCUT2D eigenvalue weighted by Crippen LogP contribution is -1.92. The van der Waals surface area contributed by atoms with E-state index in [1.54, 1.807) is 24.5 Å². The molecule has 6 heteroatoms. The normalized spacial score (nSPS) is 10.3. The van der Waals surface area contributed by atoms with E-state index in [-0.39, 0.29) is 11.3 Å². The maximum absolute atomic E-state index is 13.9. The van der Waals surface area contributed by atoms with Crippen LogP contribution in [0, 0.1) is 17.1 Å². The Bertz CT molecular complexity index is 876. The fraction of sp³-hybridized carbons (Fsp3) is 0. The van der Waals surface area contributed by atoms with Gasteiger partial charge < -0.3 is 4.74 Å². The summed E-state index contributed by atoms with van der Waals surface area (Å²) in [6, 6.07) is 9.31. The number of aromatic nitrogens is 2. The van der Waals surface area contributed by atoms with Crippen molar-refractivity contribution >= 4 is 27.0 Å². The van der Waals surface area contributed by atoms with Crippen LogP contribution < -0.4 is 4.74 Å². The molecule has 0 amide bonds. The zero-order valence-corrected chi connectivity index (χ0v) is 12.1. The van der Waals surface area contributed by atoms with E-state index in [4.69, 9.17) is 10.00 Å². The molecule has 3 rings (SSSR count). The molecule has 0 N–H and O–H groups in total. The van der Waals surface area contributed by atoms with E-state index < -0.39 is 5.82 Å². The lowest BCUT2D eigenvalue weighted by molar-refractivity contribution is 0.445. The summed E-state index contributed by atoms with van der Waals surface area (Å²) in [5.41, 5.74) is 1.40. The largest absolute Gasteiger partial charge is 0.452 e. The third-order valence-corrected chi connectivity index (χ3v) is 3.22. The van der Waals surface area contributed by atoms with Gasteiger partial charge in [-0.05, 0) is 40.2 Å². The average Bonchev–Trinajstić information content (AvgIpc) is 2.49. The molecule has 2 heterocycles. The summed E-state index contributed by atoms with van der Waals surface area (Å²) in [7, 11) is 0. The maximum atomic E-state index is 13.9. The highest BCUT2D eigenvalue weighted by atomic mass is 79.9. The second kappa shape index (κ2) is 5.46. The van der Waals surface area contributed by atoms with E-state index >= 15 is 0 Å². The van der Waals surface area contributed by atoms with Crippen molar-refractivity contribution in [3.63, 3.8) is 0 Å². The Labute approximate surface area is 128 Å². The Morgan fingerprint density at radius 3 is 2.76 bits per heavy atom. The molecule has 2 aromatic heterocycles. The first-order chi connectivity index (χ1) is 10.2. The number of hydrogen-bond donors (Lipinski definition) is 0. The summed E-state index contributed by atoms with van der Waals surface area (Å²) < 4.78 is 20.2. The molecule has 0 saturated carbocycles. The minimum atomic E-state index is -0.601. The molecular weight excluding hydrogens is 337 g/mol. The number of nitriles is 1. The molecule has 102 valence electrons. The van der Waals surface area contributed by atoms with E-state index in [2.05, 4.69) is 25.9 Å². The van der Waals surface area contributed by atoms with Gasteiger partial charge in [-0.15, -0.1) is 0 Å². The smallest absolute Gasteiger partial charge is 0.167 e. The maximum Gasteiger partial charge on any atom is 0.167 e. The lowest BCUT2D eigenvalue weighted by Gasteiger charge is -2.08. The second-order valence-electron chi connectivity index (χ2n) is 4.19. The van der Waals surface area contributed by atoms with E-state index in [1.807, 2.05) is 6.07 Å².